The summed E-state index contributed by atoms with van der Waals surface area (Å²) in [6.07, 6.45) is 3.79. The van der Waals surface area contributed by atoms with E-state index in [1.165, 1.54) is 5.56 Å². The normalized spacial score (nSPS) is 14.5. The topological polar surface area (TPSA) is 41.6 Å². The van der Waals surface area contributed by atoms with Gasteiger partial charge in [0.05, 0.1) is 0 Å². The highest BCUT2D eigenvalue weighted by Gasteiger charge is 2.21. The van der Waals surface area contributed by atoms with Crippen LogP contribution in [-0.2, 0) is 0 Å². The molecule has 0 aliphatic carbocycles. The van der Waals surface area contributed by atoms with Crippen molar-refractivity contribution in [2.45, 2.75) is 38.5 Å². The Morgan fingerprint density at radius 1 is 0.971 bits per heavy atom. The number of nitrogens with zero attached hydrogens (tertiary/aromatic N) is 1. The lowest BCUT2D eigenvalue weighted by Gasteiger charge is -2.32. The Bertz CT molecular complexity index is 1080. The molecule has 1 heterocycles. The molecular formula is C30H34N2O2. The van der Waals surface area contributed by atoms with Gasteiger partial charge in [-0.3, -0.25) is 4.79 Å². The van der Waals surface area contributed by atoms with Gasteiger partial charge in [0.15, 0.2) is 5.78 Å². The quantitative estimate of drug-likeness (QED) is 0.327. The molecule has 1 aliphatic heterocycles. The van der Waals surface area contributed by atoms with Gasteiger partial charge in [-0.25, -0.2) is 0 Å². The van der Waals surface area contributed by atoms with Crippen LogP contribution in [0.3, 0.4) is 0 Å². The number of para-hydroxylation sites is 1. The number of likely N-dealkylation sites (tertiary alicyclic amines) is 1. The van der Waals surface area contributed by atoms with E-state index in [4.69, 9.17) is 4.74 Å². The molecule has 0 unspecified atom stereocenters. The van der Waals surface area contributed by atoms with Gasteiger partial charge >= 0.3 is 0 Å². The number of piperidine rings is 1. The van der Waals surface area contributed by atoms with Gasteiger partial charge in [-0.15, -0.1) is 0 Å². The number of hydrogen-bond donors (Lipinski definition) is 1. The third-order valence-corrected chi connectivity index (χ3v) is 6.34. The van der Waals surface area contributed by atoms with Crippen molar-refractivity contribution >= 4 is 11.5 Å². The van der Waals surface area contributed by atoms with Crippen LogP contribution >= 0.6 is 0 Å². The SMILES string of the molecule is C=C(C)Nc1cccc(C2CCN(CCCC(=O)c3ccc(Oc4ccccc4)cc3)CC2)c1. The van der Waals surface area contributed by atoms with Gasteiger partial charge in [0.25, 0.3) is 0 Å². The second kappa shape index (κ2) is 11.7. The molecule has 1 aliphatic rings. The number of Topliss-reactive ketones (excluding diaryl/α,β-unsaturated/α-hetero) is 1. The number of nitrogens with one attached hydrogen (secondary N) is 1. The Balaban J connectivity index is 1.19. The van der Waals surface area contributed by atoms with Gasteiger partial charge in [-0.1, -0.05) is 36.9 Å². The zero-order valence-electron chi connectivity index (χ0n) is 20.0. The van der Waals surface area contributed by atoms with E-state index in [1.807, 2.05) is 61.5 Å². The first kappa shape index (κ1) is 23.8. The van der Waals surface area contributed by atoms with Gasteiger partial charge < -0.3 is 15.0 Å². The molecule has 176 valence electrons. The number of ketones is 1. The maximum absolute atomic E-state index is 12.6. The second-order valence-electron chi connectivity index (χ2n) is 9.11. The van der Waals surface area contributed by atoms with Gasteiger partial charge in [0, 0.05) is 23.4 Å². The zero-order valence-corrected chi connectivity index (χ0v) is 20.0. The van der Waals surface area contributed by atoms with E-state index in [0.717, 1.165) is 67.3 Å². The van der Waals surface area contributed by atoms with Crippen LogP contribution in [-0.4, -0.2) is 30.3 Å². The molecular weight excluding hydrogens is 420 g/mol. The minimum absolute atomic E-state index is 0.197. The molecule has 4 nitrogen and oxygen atoms in total. The Morgan fingerprint density at radius 3 is 2.38 bits per heavy atom. The molecule has 0 bridgehead atoms. The third kappa shape index (κ3) is 6.82. The number of carbonyl (C=O) groups is 1. The van der Waals surface area contributed by atoms with Gasteiger partial charge in [0.1, 0.15) is 11.5 Å². The molecule has 3 aromatic rings. The summed E-state index contributed by atoms with van der Waals surface area (Å²) in [6, 6.07) is 25.8. The number of carbonyl (C=O) groups excluding carboxylic acids is 1. The van der Waals surface area contributed by atoms with Crippen molar-refractivity contribution in [1.29, 1.82) is 0 Å². The molecule has 1 N–H and O–H groups in total. The highest BCUT2D eigenvalue weighted by Crippen LogP contribution is 2.30. The first-order valence-corrected chi connectivity index (χ1v) is 12.2. The van der Waals surface area contributed by atoms with Crippen molar-refractivity contribution < 1.29 is 9.53 Å². The molecule has 0 aromatic heterocycles. The summed E-state index contributed by atoms with van der Waals surface area (Å²) in [5, 5.41) is 3.31. The highest BCUT2D eigenvalue weighted by molar-refractivity contribution is 5.96. The zero-order chi connectivity index (χ0) is 23.8. The van der Waals surface area contributed by atoms with Crippen LogP contribution in [0.4, 0.5) is 5.69 Å². The van der Waals surface area contributed by atoms with E-state index in [0.29, 0.717) is 12.3 Å². The third-order valence-electron chi connectivity index (χ3n) is 6.34. The summed E-state index contributed by atoms with van der Waals surface area (Å²) in [5.41, 5.74) is 4.23. The van der Waals surface area contributed by atoms with E-state index in [2.05, 4.69) is 41.1 Å². The molecule has 34 heavy (non-hydrogen) atoms. The summed E-state index contributed by atoms with van der Waals surface area (Å²) in [6.45, 7) is 9.06. The van der Waals surface area contributed by atoms with Crippen molar-refractivity contribution in [1.82, 2.24) is 4.90 Å². The van der Waals surface area contributed by atoms with E-state index < -0.39 is 0 Å². The van der Waals surface area contributed by atoms with Crippen molar-refractivity contribution in [2.75, 3.05) is 25.0 Å². The predicted octanol–water partition coefficient (Wildman–Crippen LogP) is 7.27. The number of allylic oxidation sites excluding steroid dienone is 1. The van der Waals surface area contributed by atoms with Crippen LogP contribution in [0.1, 0.15) is 54.4 Å². The average Bonchev–Trinajstić information content (AvgIpc) is 2.85. The van der Waals surface area contributed by atoms with Gasteiger partial charge in [-0.2, -0.15) is 0 Å². The van der Waals surface area contributed by atoms with E-state index >= 15 is 0 Å². The lowest BCUT2D eigenvalue weighted by atomic mass is 9.89. The maximum Gasteiger partial charge on any atom is 0.162 e. The van der Waals surface area contributed by atoms with Crippen molar-refractivity contribution in [2.24, 2.45) is 0 Å². The number of ether oxygens (including phenoxy) is 1. The first-order chi connectivity index (χ1) is 16.6. The molecule has 4 rings (SSSR count). The van der Waals surface area contributed by atoms with Crippen LogP contribution in [0.15, 0.2) is 91.1 Å². The predicted molar refractivity (Wildman–Crippen MR) is 140 cm³/mol. The van der Waals surface area contributed by atoms with Crippen molar-refractivity contribution in [3.63, 3.8) is 0 Å². The Morgan fingerprint density at radius 2 is 1.68 bits per heavy atom. The smallest absolute Gasteiger partial charge is 0.162 e. The minimum atomic E-state index is 0.197. The number of hydrogen-bond acceptors (Lipinski definition) is 4. The fraction of sp³-hybridized carbons (Fsp3) is 0.300. The number of benzene rings is 3. The molecule has 0 atom stereocenters. The van der Waals surface area contributed by atoms with E-state index in [-0.39, 0.29) is 5.78 Å². The highest BCUT2D eigenvalue weighted by atomic mass is 16.5. The maximum atomic E-state index is 12.6. The summed E-state index contributed by atoms with van der Waals surface area (Å²) >= 11 is 0. The number of anilines is 1. The molecule has 1 fully saturated rings. The van der Waals surface area contributed by atoms with Crippen molar-refractivity contribution in [3.05, 3.63) is 102 Å². The lowest BCUT2D eigenvalue weighted by molar-refractivity contribution is 0.0972. The molecule has 0 spiro atoms. The Labute approximate surface area is 203 Å². The lowest BCUT2D eigenvalue weighted by Crippen LogP contribution is -2.33. The van der Waals surface area contributed by atoms with Gasteiger partial charge in [-0.05, 0) is 106 Å². The number of rotatable bonds is 10. The molecule has 0 saturated carbocycles. The van der Waals surface area contributed by atoms with E-state index in [1.54, 1.807) is 0 Å². The molecule has 0 amide bonds. The summed E-state index contributed by atoms with van der Waals surface area (Å²) < 4.78 is 5.81. The fourth-order valence-electron chi connectivity index (χ4n) is 4.55. The van der Waals surface area contributed by atoms with Crippen LogP contribution in [0.2, 0.25) is 0 Å². The fourth-order valence-corrected chi connectivity index (χ4v) is 4.55. The average molecular weight is 455 g/mol. The van der Waals surface area contributed by atoms with Gasteiger partial charge in [0.2, 0.25) is 0 Å². The molecule has 4 heteroatoms. The summed E-state index contributed by atoms with van der Waals surface area (Å²) in [4.78, 5) is 15.1. The summed E-state index contributed by atoms with van der Waals surface area (Å²) in [7, 11) is 0. The van der Waals surface area contributed by atoms with E-state index in [9.17, 15) is 4.79 Å². The van der Waals surface area contributed by atoms with Crippen molar-refractivity contribution in [3.8, 4) is 11.5 Å². The van der Waals surface area contributed by atoms with Crippen LogP contribution < -0.4 is 10.1 Å². The first-order valence-electron chi connectivity index (χ1n) is 12.2. The molecule has 0 radical (unpaired) electrons. The monoisotopic (exact) mass is 454 g/mol. The second-order valence-corrected chi connectivity index (χ2v) is 9.11. The largest absolute Gasteiger partial charge is 0.457 e. The molecule has 3 aromatic carbocycles. The minimum Gasteiger partial charge on any atom is -0.457 e. The van der Waals surface area contributed by atoms with Crippen LogP contribution in [0, 0.1) is 0 Å². The Kier molecular flexibility index (Phi) is 8.16. The van der Waals surface area contributed by atoms with Crippen LogP contribution in [0.5, 0.6) is 11.5 Å². The van der Waals surface area contributed by atoms with Crippen LogP contribution in [0.25, 0.3) is 0 Å². The molecule has 1 saturated heterocycles. The Hall–Kier alpha value is -3.37. The standard InChI is InChI=1S/C30H34N2O2/c1-23(2)31-27-9-6-8-26(22-27)24-17-20-32(21-18-24)19-7-12-30(33)25-13-15-29(16-14-25)34-28-10-4-3-5-11-28/h3-6,8-11,13-16,22,24,31H,1,7,12,17-21H2,2H3. The summed E-state index contributed by atoms with van der Waals surface area (Å²) in [5.74, 6) is 2.33.